The second kappa shape index (κ2) is 5.96. The highest BCUT2D eigenvalue weighted by Gasteiger charge is 2.55. The van der Waals surface area contributed by atoms with Crippen LogP contribution in [0.2, 0.25) is 0 Å². The molecule has 3 rings (SSSR count). The van der Waals surface area contributed by atoms with Crippen molar-refractivity contribution in [3.8, 4) is 17.2 Å². The van der Waals surface area contributed by atoms with Crippen LogP contribution < -0.4 is 14.2 Å². The van der Waals surface area contributed by atoms with Crippen molar-refractivity contribution in [2.24, 2.45) is 17.8 Å². The molecule has 0 radical (unpaired) electrons. The number of alkyl halides is 1. The summed E-state index contributed by atoms with van der Waals surface area (Å²) in [6, 6.07) is 3.78. The number of fused-ring (bicyclic) bond motifs is 1. The van der Waals surface area contributed by atoms with Crippen molar-refractivity contribution in [2.75, 3.05) is 21.3 Å². The lowest BCUT2D eigenvalue weighted by Crippen LogP contribution is -2.03. The molecule has 116 valence electrons. The molecule has 2 aliphatic rings. The zero-order chi connectivity index (χ0) is 15.0. The number of methoxy groups -OCH3 is 3. The fourth-order valence-corrected chi connectivity index (χ4v) is 4.57. The van der Waals surface area contributed by atoms with Crippen LogP contribution in [0.3, 0.4) is 0 Å². The van der Waals surface area contributed by atoms with E-state index in [4.69, 9.17) is 25.8 Å². The highest BCUT2D eigenvalue weighted by atomic mass is 35.5. The van der Waals surface area contributed by atoms with Crippen molar-refractivity contribution in [1.82, 2.24) is 0 Å². The van der Waals surface area contributed by atoms with Crippen molar-refractivity contribution in [3.63, 3.8) is 0 Å². The van der Waals surface area contributed by atoms with Crippen LogP contribution in [0.1, 0.15) is 36.6 Å². The number of rotatable bonds is 5. The minimum absolute atomic E-state index is 0.0473. The molecule has 0 heterocycles. The summed E-state index contributed by atoms with van der Waals surface area (Å²) in [4.78, 5) is 0. The molecule has 1 aromatic carbocycles. The predicted octanol–water partition coefficient (Wildman–Crippen LogP) is 4.43. The van der Waals surface area contributed by atoms with E-state index in [1.807, 2.05) is 12.1 Å². The summed E-state index contributed by atoms with van der Waals surface area (Å²) in [5, 5.41) is -0.0473. The van der Waals surface area contributed by atoms with Gasteiger partial charge in [-0.1, -0.05) is 12.8 Å². The first kappa shape index (κ1) is 14.8. The van der Waals surface area contributed by atoms with E-state index >= 15 is 0 Å². The van der Waals surface area contributed by atoms with Crippen molar-refractivity contribution < 1.29 is 14.2 Å². The van der Waals surface area contributed by atoms with Crippen LogP contribution in [0.15, 0.2) is 12.1 Å². The number of hydrogen-bond donors (Lipinski definition) is 0. The molecule has 0 saturated heterocycles. The van der Waals surface area contributed by atoms with Crippen LogP contribution in [0, 0.1) is 17.8 Å². The Balaban J connectivity index is 1.93. The molecule has 0 spiro atoms. The van der Waals surface area contributed by atoms with Gasteiger partial charge in [0.1, 0.15) is 17.2 Å². The highest BCUT2D eigenvalue weighted by molar-refractivity contribution is 6.21. The summed E-state index contributed by atoms with van der Waals surface area (Å²) < 4.78 is 16.4. The molecule has 2 aliphatic carbocycles. The largest absolute Gasteiger partial charge is 0.496 e. The van der Waals surface area contributed by atoms with Crippen LogP contribution in [-0.4, -0.2) is 21.3 Å². The lowest BCUT2D eigenvalue weighted by atomic mass is 10.0. The molecule has 2 fully saturated rings. The van der Waals surface area contributed by atoms with E-state index in [9.17, 15) is 0 Å². The van der Waals surface area contributed by atoms with Crippen molar-refractivity contribution in [2.45, 2.75) is 31.1 Å². The molecule has 3 atom stereocenters. The van der Waals surface area contributed by atoms with Gasteiger partial charge >= 0.3 is 0 Å². The third-order valence-electron chi connectivity index (χ3n) is 5.09. The summed E-state index contributed by atoms with van der Waals surface area (Å²) >= 11 is 6.84. The maximum atomic E-state index is 6.84. The first-order valence-electron chi connectivity index (χ1n) is 7.65. The van der Waals surface area contributed by atoms with Gasteiger partial charge in [-0.25, -0.2) is 0 Å². The smallest absolute Gasteiger partial charge is 0.130 e. The Morgan fingerprint density at radius 2 is 1.48 bits per heavy atom. The Morgan fingerprint density at radius 1 is 0.952 bits per heavy atom. The second-order valence-electron chi connectivity index (χ2n) is 6.04. The first-order chi connectivity index (χ1) is 10.2. The van der Waals surface area contributed by atoms with Crippen LogP contribution in [0.5, 0.6) is 17.2 Å². The molecule has 0 amide bonds. The lowest BCUT2D eigenvalue weighted by molar-refractivity contribution is 0.366. The quantitative estimate of drug-likeness (QED) is 0.753. The molecule has 4 heteroatoms. The minimum atomic E-state index is -0.0473. The average molecular weight is 311 g/mol. The zero-order valence-corrected chi connectivity index (χ0v) is 13.7. The SMILES string of the molecule is COc1cc(OC)c(C(Cl)C2C3CCCCC32)c(OC)c1. The molecule has 0 aliphatic heterocycles. The maximum absolute atomic E-state index is 6.84. The molecular weight excluding hydrogens is 288 g/mol. The number of benzene rings is 1. The van der Waals surface area contributed by atoms with Gasteiger partial charge in [-0.15, -0.1) is 11.6 Å². The minimum Gasteiger partial charge on any atom is -0.496 e. The van der Waals surface area contributed by atoms with E-state index in [0.717, 1.165) is 34.6 Å². The van der Waals surface area contributed by atoms with Gasteiger partial charge in [0.2, 0.25) is 0 Å². The Morgan fingerprint density at radius 3 is 1.90 bits per heavy atom. The van der Waals surface area contributed by atoms with E-state index in [1.165, 1.54) is 25.7 Å². The summed E-state index contributed by atoms with van der Waals surface area (Å²) in [7, 11) is 4.98. The molecular formula is C17H23ClO3. The summed E-state index contributed by atoms with van der Waals surface area (Å²) in [6.07, 6.45) is 5.33. The second-order valence-corrected chi connectivity index (χ2v) is 6.51. The molecule has 1 aromatic rings. The van der Waals surface area contributed by atoms with Crippen LogP contribution >= 0.6 is 11.6 Å². The van der Waals surface area contributed by atoms with Gasteiger partial charge in [0.15, 0.2) is 0 Å². The fourth-order valence-electron chi connectivity index (χ4n) is 3.98. The highest BCUT2D eigenvalue weighted by Crippen LogP contribution is 2.64. The summed E-state index contributed by atoms with van der Waals surface area (Å²) in [6.45, 7) is 0. The van der Waals surface area contributed by atoms with Crippen molar-refractivity contribution >= 4 is 11.6 Å². The molecule has 2 saturated carbocycles. The van der Waals surface area contributed by atoms with Gasteiger partial charge in [0.05, 0.1) is 32.3 Å². The van der Waals surface area contributed by atoms with Gasteiger partial charge in [0, 0.05) is 12.1 Å². The van der Waals surface area contributed by atoms with Gasteiger partial charge in [-0.05, 0) is 30.6 Å². The van der Waals surface area contributed by atoms with E-state index in [2.05, 4.69) is 0 Å². The molecule has 0 bridgehead atoms. The summed E-state index contributed by atoms with van der Waals surface area (Å²) in [5.74, 6) is 4.38. The molecule has 0 aromatic heterocycles. The summed E-state index contributed by atoms with van der Waals surface area (Å²) in [5.41, 5.74) is 0.974. The predicted molar refractivity (Wildman–Crippen MR) is 83.6 cm³/mol. The van der Waals surface area contributed by atoms with Crippen LogP contribution in [0.4, 0.5) is 0 Å². The van der Waals surface area contributed by atoms with E-state index in [-0.39, 0.29) is 5.38 Å². The van der Waals surface area contributed by atoms with Gasteiger partial charge in [0.25, 0.3) is 0 Å². The third-order valence-corrected chi connectivity index (χ3v) is 5.60. The van der Waals surface area contributed by atoms with Crippen LogP contribution in [-0.2, 0) is 0 Å². The molecule has 0 N–H and O–H groups in total. The lowest BCUT2D eigenvalue weighted by Gasteiger charge is -2.19. The van der Waals surface area contributed by atoms with Crippen LogP contribution in [0.25, 0.3) is 0 Å². The molecule has 3 unspecified atom stereocenters. The number of hydrogen-bond acceptors (Lipinski definition) is 3. The van der Waals surface area contributed by atoms with E-state index in [1.54, 1.807) is 21.3 Å². The fraction of sp³-hybridized carbons (Fsp3) is 0.647. The zero-order valence-electron chi connectivity index (χ0n) is 12.9. The Hall–Kier alpha value is -1.09. The number of halogens is 1. The van der Waals surface area contributed by atoms with E-state index in [0.29, 0.717) is 5.92 Å². The van der Waals surface area contributed by atoms with Gasteiger partial charge < -0.3 is 14.2 Å². The van der Waals surface area contributed by atoms with Gasteiger partial charge in [-0.3, -0.25) is 0 Å². The molecule has 21 heavy (non-hydrogen) atoms. The van der Waals surface area contributed by atoms with E-state index < -0.39 is 0 Å². The Kier molecular flexibility index (Phi) is 4.21. The normalized spacial score (nSPS) is 28.5. The van der Waals surface area contributed by atoms with Crippen molar-refractivity contribution in [1.29, 1.82) is 0 Å². The Labute approximate surface area is 131 Å². The standard InChI is InChI=1S/C17H23ClO3/c1-19-10-8-13(20-2)16(14(9-10)21-3)17(18)15-11-6-4-5-7-12(11)15/h8-9,11-12,15,17H,4-7H2,1-3H3. The molecule has 3 nitrogen and oxygen atoms in total. The number of ether oxygens (including phenoxy) is 3. The Bertz CT molecular complexity index is 480. The van der Waals surface area contributed by atoms with Gasteiger partial charge in [-0.2, -0.15) is 0 Å². The first-order valence-corrected chi connectivity index (χ1v) is 8.08. The average Bonchev–Trinajstić information content (AvgIpc) is 3.27. The third kappa shape index (κ3) is 2.57. The van der Waals surface area contributed by atoms with Crippen molar-refractivity contribution in [3.05, 3.63) is 17.7 Å². The maximum Gasteiger partial charge on any atom is 0.130 e. The topological polar surface area (TPSA) is 27.7 Å². The monoisotopic (exact) mass is 310 g/mol.